The highest BCUT2D eigenvalue weighted by Gasteiger charge is 1.99. The normalized spacial score (nSPS) is 10.3. The zero-order valence-corrected chi connectivity index (χ0v) is 10.2. The van der Waals surface area contributed by atoms with Gasteiger partial charge in [-0.3, -0.25) is 4.79 Å². The molecule has 0 bridgehead atoms. The molecule has 0 fully saturated rings. The Morgan fingerprint density at radius 3 is 2.47 bits per heavy atom. The highest BCUT2D eigenvalue weighted by molar-refractivity contribution is 5.69. The zero-order chi connectivity index (χ0) is 11.4. The third-order valence-electron chi connectivity index (χ3n) is 2.25. The molecule has 0 rings (SSSR count). The second-order valence-corrected chi connectivity index (χ2v) is 3.72. The molecule has 3 nitrogen and oxygen atoms in total. The summed E-state index contributed by atoms with van der Waals surface area (Å²) in [7, 11) is 0. The van der Waals surface area contributed by atoms with Crippen molar-refractivity contribution in [3.05, 3.63) is 0 Å². The van der Waals surface area contributed by atoms with Crippen LogP contribution in [0.25, 0.3) is 0 Å². The van der Waals surface area contributed by atoms with Crippen molar-refractivity contribution in [2.75, 3.05) is 19.7 Å². The lowest BCUT2D eigenvalue weighted by Crippen LogP contribution is -2.16. The van der Waals surface area contributed by atoms with E-state index in [1.54, 1.807) is 0 Å². The predicted octanol–water partition coefficient (Wildman–Crippen LogP) is 2.50. The van der Waals surface area contributed by atoms with E-state index in [-0.39, 0.29) is 5.97 Å². The lowest BCUT2D eigenvalue weighted by Gasteiger charge is -2.03. The molecule has 15 heavy (non-hydrogen) atoms. The third kappa shape index (κ3) is 11.4. The van der Waals surface area contributed by atoms with Gasteiger partial charge < -0.3 is 10.1 Å². The van der Waals surface area contributed by atoms with Gasteiger partial charge in [0, 0.05) is 6.42 Å². The van der Waals surface area contributed by atoms with E-state index in [1.165, 1.54) is 12.8 Å². The maximum Gasteiger partial charge on any atom is 0.305 e. The van der Waals surface area contributed by atoms with E-state index < -0.39 is 0 Å². The van der Waals surface area contributed by atoms with Crippen LogP contribution in [0.2, 0.25) is 0 Å². The maximum absolute atomic E-state index is 11.0. The van der Waals surface area contributed by atoms with Crippen LogP contribution in [-0.4, -0.2) is 25.7 Å². The topological polar surface area (TPSA) is 38.3 Å². The summed E-state index contributed by atoms with van der Waals surface area (Å²) in [6, 6.07) is 0. The number of carbonyl (C=O) groups is 1. The van der Waals surface area contributed by atoms with Crippen molar-refractivity contribution in [3.8, 4) is 0 Å². The molecule has 0 aliphatic carbocycles. The van der Waals surface area contributed by atoms with Gasteiger partial charge in [0.05, 0.1) is 6.61 Å². The molecule has 0 amide bonds. The third-order valence-corrected chi connectivity index (χ3v) is 2.25. The Kier molecular flexibility index (Phi) is 11.1. The first kappa shape index (κ1) is 14.4. The molecule has 0 saturated heterocycles. The molecule has 0 spiro atoms. The summed E-state index contributed by atoms with van der Waals surface area (Å²) < 4.78 is 4.85. The zero-order valence-electron chi connectivity index (χ0n) is 10.2. The summed E-state index contributed by atoms with van der Waals surface area (Å²) in [4.78, 5) is 11.0. The number of nitrogens with one attached hydrogen (secondary N) is 1. The SMILES string of the molecule is CCCCNCCCCCC(=O)OCC. The van der Waals surface area contributed by atoms with Gasteiger partial charge in [-0.25, -0.2) is 0 Å². The molecule has 0 aromatic carbocycles. The van der Waals surface area contributed by atoms with Crippen LogP contribution in [0.3, 0.4) is 0 Å². The Morgan fingerprint density at radius 1 is 1.07 bits per heavy atom. The molecule has 0 saturated carbocycles. The smallest absolute Gasteiger partial charge is 0.305 e. The van der Waals surface area contributed by atoms with Gasteiger partial charge in [0.2, 0.25) is 0 Å². The van der Waals surface area contributed by atoms with Crippen LogP contribution in [0.5, 0.6) is 0 Å². The van der Waals surface area contributed by atoms with E-state index in [0.717, 1.165) is 32.4 Å². The standard InChI is InChI=1S/C12H25NO2/c1-3-5-10-13-11-8-6-7-9-12(14)15-4-2/h13H,3-11H2,1-2H3. The molecule has 0 aromatic heterocycles. The van der Waals surface area contributed by atoms with Crippen LogP contribution in [0.4, 0.5) is 0 Å². The molecule has 0 radical (unpaired) electrons. The fourth-order valence-electron chi connectivity index (χ4n) is 1.36. The van der Waals surface area contributed by atoms with Crippen LogP contribution in [0, 0.1) is 0 Å². The summed E-state index contributed by atoms with van der Waals surface area (Å²) >= 11 is 0. The first-order valence-electron chi connectivity index (χ1n) is 6.17. The number of hydrogen-bond donors (Lipinski definition) is 1. The van der Waals surface area contributed by atoms with Gasteiger partial charge >= 0.3 is 5.97 Å². The predicted molar refractivity (Wildman–Crippen MR) is 62.9 cm³/mol. The van der Waals surface area contributed by atoms with Gasteiger partial charge in [-0.1, -0.05) is 19.8 Å². The Bertz CT molecular complexity index is 149. The Morgan fingerprint density at radius 2 is 1.80 bits per heavy atom. The van der Waals surface area contributed by atoms with Crippen LogP contribution >= 0.6 is 0 Å². The first-order valence-corrected chi connectivity index (χ1v) is 6.17. The Hall–Kier alpha value is -0.570. The van der Waals surface area contributed by atoms with Crippen molar-refractivity contribution in [1.82, 2.24) is 5.32 Å². The minimum Gasteiger partial charge on any atom is -0.466 e. The molecule has 0 unspecified atom stereocenters. The Labute approximate surface area is 93.6 Å². The minimum absolute atomic E-state index is 0.0588. The number of hydrogen-bond acceptors (Lipinski definition) is 3. The number of carbonyl (C=O) groups excluding carboxylic acids is 1. The summed E-state index contributed by atoms with van der Waals surface area (Å²) in [5.41, 5.74) is 0. The number of unbranched alkanes of at least 4 members (excludes halogenated alkanes) is 3. The Balaban J connectivity index is 3.01. The maximum atomic E-state index is 11.0. The fraction of sp³-hybridized carbons (Fsp3) is 0.917. The molecule has 0 aromatic rings. The fourth-order valence-corrected chi connectivity index (χ4v) is 1.36. The van der Waals surface area contributed by atoms with Gasteiger partial charge in [0.25, 0.3) is 0 Å². The molecular formula is C12H25NO2. The molecule has 0 aliphatic rings. The monoisotopic (exact) mass is 215 g/mol. The molecule has 1 N–H and O–H groups in total. The van der Waals surface area contributed by atoms with Crippen molar-refractivity contribution in [1.29, 1.82) is 0 Å². The summed E-state index contributed by atoms with van der Waals surface area (Å²) in [5, 5.41) is 3.38. The lowest BCUT2D eigenvalue weighted by molar-refractivity contribution is -0.143. The van der Waals surface area contributed by atoms with E-state index in [0.29, 0.717) is 13.0 Å². The van der Waals surface area contributed by atoms with E-state index in [9.17, 15) is 4.79 Å². The molecular weight excluding hydrogens is 190 g/mol. The van der Waals surface area contributed by atoms with E-state index in [4.69, 9.17) is 4.74 Å². The number of rotatable bonds is 10. The quantitative estimate of drug-likeness (QED) is 0.449. The van der Waals surface area contributed by atoms with Gasteiger partial charge in [-0.2, -0.15) is 0 Å². The highest BCUT2D eigenvalue weighted by Crippen LogP contribution is 2.00. The van der Waals surface area contributed by atoms with Gasteiger partial charge in [0.15, 0.2) is 0 Å². The summed E-state index contributed by atoms with van der Waals surface area (Å²) in [6.45, 7) is 6.73. The number of ether oxygens (including phenoxy) is 1. The first-order chi connectivity index (χ1) is 7.31. The van der Waals surface area contributed by atoms with Gasteiger partial charge in [0.1, 0.15) is 0 Å². The molecule has 3 heteroatoms. The van der Waals surface area contributed by atoms with Crippen LogP contribution < -0.4 is 5.32 Å². The summed E-state index contributed by atoms with van der Waals surface area (Å²) in [6.07, 6.45) is 6.29. The van der Waals surface area contributed by atoms with E-state index >= 15 is 0 Å². The average molecular weight is 215 g/mol. The number of esters is 1. The van der Waals surface area contributed by atoms with Crippen molar-refractivity contribution in [2.45, 2.75) is 52.4 Å². The molecule has 90 valence electrons. The average Bonchev–Trinajstić information content (AvgIpc) is 2.22. The van der Waals surface area contributed by atoms with Gasteiger partial charge in [-0.05, 0) is 39.3 Å². The molecule has 0 heterocycles. The van der Waals surface area contributed by atoms with Crippen molar-refractivity contribution >= 4 is 5.97 Å². The van der Waals surface area contributed by atoms with E-state index in [2.05, 4.69) is 12.2 Å². The second kappa shape index (κ2) is 11.5. The van der Waals surface area contributed by atoms with Crippen molar-refractivity contribution < 1.29 is 9.53 Å². The molecule has 0 atom stereocenters. The minimum atomic E-state index is -0.0588. The molecule has 0 aliphatic heterocycles. The van der Waals surface area contributed by atoms with Gasteiger partial charge in [-0.15, -0.1) is 0 Å². The highest BCUT2D eigenvalue weighted by atomic mass is 16.5. The van der Waals surface area contributed by atoms with Crippen LogP contribution in [-0.2, 0) is 9.53 Å². The second-order valence-electron chi connectivity index (χ2n) is 3.72. The lowest BCUT2D eigenvalue weighted by atomic mass is 10.2. The van der Waals surface area contributed by atoms with Crippen LogP contribution in [0.1, 0.15) is 52.4 Å². The summed E-state index contributed by atoms with van der Waals surface area (Å²) in [5.74, 6) is -0.0588. The van der Waals surface area contributed by atoms with E-state index in [1.807, 2.05) is 6.92 Å². The van der Waals surface area contributed by atoms with Crippen molar-refractivity contribution in [2.24, 2.45) is 0 Å². The van der Waals surface area contributed by atoms with Crippen molar-refractivity contribution in [3.63, 3.8) is 0 Å². The largest absolute Gasteiger partial charge is 0.466 e. The van der Waals surface area contributed by atoms with Crippen LogP contribution in [0.15, 0.2) is 0 Å².